The molecule has 3 aliphatic heterocycles. The number of carbonyl (C=O) groups excluding carboxylic acids is 2. The number of nitrogens with zero attached hydrogens (tertiary/aromatic N) is 1. The smallest absolute Gasteiger partial charge is 0.543 e. The Morgan fingerprint density at radius 1 is 1.58 bits per heavy atom. The summed E-state index contributed by atoms with van der Waals surface area (Å²) in [6.07, 6.45) is -0.0362. The van der Waals surface area contributed by atoms with Crippen LogP contribution in [0.4, 0.5) is 0 Å². The molecule has 3 N–H and O–H groups in total. The van der Waals surface area contributed by atoms with E-state index in [1.807, 2.05) is 6.92 Å². The van der Waals surface area contributed by atoms with E-state index in [2.05, 4.69) is 0 Å². The zero-order valence-corrected chi connectivity index (χ0v) is 16.9. The summed E-state index contributed by atoms with van der Waals surface area (Å²) in [5.74, 6) is -2.36. The normalized spacial score (nSPS) is 36.2. The Balaban J connectivity index is 0.00000208. The van der Waals surface area contributed by atoms with Crippen LogP contribution in [-0.2, 0) is 14.3 Å². The Labute approximate surface area is 167 Å². The molecule has 3 aliphatic rings. The molecule has 0 saturated carbocycles. The van der Waals surface area contributed by atoms with E-state index >= 15 is 0 Å². The molecule has 0 aromatic heterocycles. The van der Waals surface area contributed by atoms with E-state index in [1.54, 1.807) is 6.92 Å². The number of ether oxygens (including phenoxy) is 1. The molecule has 7 nitrogen and oxygen atoms in total. The second-order valence-corrected chi connectivity index (χ2v) is 7.76. The number of β-lactam (4-membered cyclic amide) rings is 1. The fourth-order valence-electron chi connectivity index (χ4n) is 3.77. The van der Waals surface area contributed by atoms with E-state index in [0.717, 1.165) is 6.42 Å². The van der Waals surface area contributed by atoms with Crippen molar-refractivity contribution in [2.45, 2.75) is 43.8 Å². The summed E-state index contributed by atoms with van der Waals surface area (Å²) in [5.41, 5.74) is 5.56. The first kappa shape index (κ1) is 20.2. The number of amides is 1. The molecule has 9 heteroatoms. The molecule has 2 saturated heterocycles. The van der Waals surface area contributed by atoms with Gasteiger partial charge in [0.1, 0.15) is 0 Å². The van der Waals surface area contributed by atoms with Gasteiger partial charge in [-0.1, -0.05) is 6.92 Å². The van der Waals surface area contributed by atoms with Crippen LogP contribution in [0.5, 0.6) is 0 Å². The number of hydrogen-bond acceptors (Lipinski definition) is 7. The largest absolute Gasteiger partial charge is 1.00 e. The number of aliphatic hydroxyl groups excluding tert-OH is 1. The van der Waals surface area contributed by atoms with E-state index in [-0.39, 0.29) is 64.5 Å². The van der Waals surface area contributed by atoms with E-state index in [1.165, 1.54) is 16.7 Å². The molecule has 3 rings (SSSR count). The van der Waals surface area contributed by atoms with Crippen LogP contribution in [0.2, 0.25) is 0 Å². The Morgan fingerprint density at radius 2 is 2.25 bits per heavy atom. The minimum Gasteiger partial charge on any atom is -0.543 e. The number of fused-ring (bicyclic) bond motifs is 1. The SMILES string of the molecule is C[C@@H](O)[C@H]1C(=O)N2C(C(=O)[O-])=C(SC3COC(CN)C3)[C@H](C)[C@H]12.[Na+]. The molecule has 0 aromatic carbocycles. The maximum atomic E-state index is 12.2. The predicted molar refractivity (Wildman–Crippen MR) is 81.8 cm³/mol. The standard InChI is InChI=1S/C15H22N2O5S.Na/c1-6-11-10(7(2)18)14(19)17(11)12(15(20)21)13(6)23-9-3-8(4-16)22-5-9;/h6-11,18H,3-5,16H2,1-2H3,(H,20,21);/q;+1/p-1/t6-,7-,8?,9?,10-,11-;/m1./s1. The third-order valence-corrected chi connectivity index (χ3v) is 6.38. The predicted octanol–water partition coefficient (Wildman–Crippen LogP) is -4.34. The number of hydrogen-bond donors (Lipinski definition) is 2. The van der Waals surface area contributed by atoms with Crippen LogP contribution in [0.1, 0.15) is 20.3 Å². The topological polar surface area (TPSA) is 116 Å². The average molecular weight is 364 g/mol. The van der Waals surface area contributed by atoms with Gasteiger partial charge in [-0.25, -0.2) is 0 Å². The van der Waals surface area contributed by atoms with Crippen molar-refractivity contribution < 1.29 is 54.1 Å². The van der Waals surface area contributed by atoms with Crippen molar-refractivity contribution in [3.63, 3.8) is 0 Å². The monoisotopic (exact) mass is 364 g/mol. The van der Waals surface area contributed by atoms with Crippen LogP contribution in [0, 0.1) is 11.8 Å². The van der Waals surface area contributed by atoms with Gasteiger partial charge in [0.25, 0.3) is 0 Å². The summed E-state index contributed by atoms with van der Waals surface area (Å²) in [6, 6.07) is -0.300. The molecule has 128 valence electrons. The maximum Gasteiger partial charge on any atom is 1.00 e. The van der Waals surface area contributed by atoms with E-state index in [9.17, 15) is 19.8 Å². The summed E-state index contributed by atoms with van der Waals surface area (Å²) < 4.78 is 5.55. The van der Waals surface area contributed by atoms with E-state index in [4.69, 9.17) is 10.5 Å². The molecule has 0 radical (unpaired) electrons. The molecule has 1 amide bonds. The molecule has 0 spiro atoms. The van der Waals surface area contributed by atoms with Gasteiger partial charge in [0, 0.05) is 22.6 Å². The first-order valence-electron chi connectivity index (χ1n) is 7.81. The molecule has 2 fully saturated rings. The number of rotatable bonds is 5. The first-order chi connectivity index (χ1) is 10.9. The quantitative estimate of drug-likeness (QED) is 0.374. The summed E-state index contributed by atoms with van der Waals surface area (Å²) >= 11 is 1.44. The van der Waals surface area contributed by atoms with Gasteiger partial charge in [-0.2, -0.15) is 0 Å². The Bertz CT molecular complexity index is 570. The molecule has 2 unspecified atom stereocenters. The van der Waals surface area contributed by atoms with Gasteiger partial charge in [0.2, 0.25) is 5.91 Å². The molecule has 0 aliphatic carbocycles. The Morgan fingerprint density at radius 3 is 2.75 bits per heavy atom. The minimum absolute atomic E-state index is 0. The minimum atomic E-state index is -1.34. The van der Waals surface area contributed by atoms with Crippen molar-refractivity contribution in [2.75, 3.05) is 13.2 Å². The molecule has 6 atom stereocenters. The zero-order valence-electron chi connectivity index (χ0n) is 14.1. The van der Waals surface area contributed by atoms with Gasteiger partial charge in [-0.15, -0.1) is 11.8 Å². The molecular weight excluding hydrogens is 343 g/mol. The van der Waals surface area contributed by atoms with Crippen LogP contribution in [0.3, 0.4) is 0 Å². The number of carbonyl (C=O) groups is 2. The number of nitrogens with two attached hydrogens (primary N) is 1. The van der Waals surface area contributed by atoms with Crippen molar-refractivity contribution >= 4 is 23.6 Å². The fraction of sp³-hybridized carbons (Fsp3) is 0.733. The molecule has 3 heterocycles. The first-order valence-corrected chi connectivity index (χ1v) is 8.69. The third kappa shape index (κ3) is 3.18. The van der Waals surface area contributed by atoms with Gasteiger partial charge in [-0.05, 0) is 13.3 Å². The van der Waals surface area contributed by atoms with Crippen LogP contribution >= 0.6 is 11.8 Å². The number of aliphatic carboxylic acids is 1. The van der Waals surface area contributed by atoms with Crippen molar-refractivity contribution in [3.05, 3.63) is 10.6 Å². The summed E-state index contributed by atoms with van der Waals surface area (Å²) in [4.78, 5) is 25.7. The van der Waals surface area contributed by atoms with Crippen molar-refractivity contribution in [2.24, 2.45) is 17.6 Å². The van der Waals surface area contributed by atoms with Gasteiger partial charge < -0.3 is 30.4 Å². The number of carboxylic acids is 1. The van der Waals surface area contributed by atoms with Crippen LogP contribution in [0.15, 0.2) is 10.6 Å². The van der Waals surface area contributed by atoms with Crippen LogP contribution in [0.25, 0.3) is 0 Å². The molecule has 0 aromatic rings. The van der Waals surface area contributed by atoms with Crippen molar-refractivity contribution in [1.82, 2.24) is 4.90 Å². The van der Waals surface area contributed by atoms with Gasteiger partial charge >= 0.3 is 29.6 Å². The van der Waals surface area contributed by atoms with Gasteiger partial charge in [0.05, 0.1) is 42.4 Å². The number of thioether (sulfide) groups is 1. The average Bonchev–Trinajstić information content (AvgIpc) is 3.02. The summed E-state index contributed by atoms with van der Waals surface area (Å²) in [7, 11) is 0. The van der Waals surface area contributed by atoms with Gasteiger partial charge in [-0.3, -0.25) is 4.79 Å². The fourth-order valence-corrected chi connectivity index (χ4v) is 5.23. The maximum absolute atomic E-state index is 12.2. The third-order valence-electron chi connectivity index (χ3n) is 4.90. The van der Waals surface area contributed by atoms with Crippen LogP contribution < -0.4 is 40.4 Å². The number of carboxylic acid groups (broad SMARTS) is 1. The Kier molecular flexibility index (Phi) is 6.45. The van der Waals surface area contributed by atoms with Crippen LogP contribution in [-0.4, -0.2) is 58.5 Å². The summed E-state index contributed by atoms with van der Waals surface area (Å²) in [5, 5.41) is 21.5. The molecular formula is C15H21N2NaO5S. The van der Waals surface area contributed by atoms with Gasteiger partial charge in [0.15, 0.2) is 0 Å². The Hall–Kier alpha value is -0.0900. The second kappa shape index (κ2) is 7.65. The second-order valence-electron chi connectivity index (χ2n) is 6.42. The van der Waals surface area contributed by atoms with Crippen molar-refractivity contribution in [1.29, 1.82) is 0 Å². The number of aliphatic hydroxyl groups is 1. The van der Waals surface area contributed by atoms with E-state index in [0.29, 0.717) is 18.1 Å². The molecule has 24 heavy (non-hydrogen) atoms. The summed E-state index contributed by atoms with van der Waals surface area (Å²) in [6.45, 7) is 4.42. The van der Waals surface area contributed by atoms with E-state index < -0.39 is 18.0 Å². The van der Waals surface area contributed by atoms with Crippen molar-refractivity contribution in [3.8, 4) is 0 Å². The zero-order chi connectivity index (χ0) is 16.9. The molecule has 0 bridgehead atoms.